The topological polar surface area (TPSA) is 55.6 Å². The van der Waals surface area contributed by atoms with E-state index in [1.54, 1.807) is 0 Å². The summed E-state index contributed by atoms with van der Waals surface area (Å²) in [5, 5.41) is 0. The average Bonchev–Trinajstić information content (AvgIpc) is 2.58. The predicted octanol–water partition coefficient (Wildman–Crippen LogP) is 1.39. The van der Waals surface area contributed by atoms with Crippen LogP contribution in [0.5, 0.6) is 0 Å². The van der Waals surface area contributed by atoms with Gasteiger partial charge < -0.3 is 15.4 Å². The highest BCUT2D eigenvalue weighted by atomic mass is 16.5. The maximum absolute atomic E-state index is 11.6. The van der Waals surface area contributed by atoms with Crippen molar-refractivity contribution in [3.8, 4) is 0 Å². The number of rotatable bonds is 3. The fraction of sp³-hybridized carbons (Fsp3) is 0.923. The number of hydrogen-bond acceptors (Lipinski definition) is 4. The molecule has 1 fully saturated rings. The van der Waals surface area contributed by atoms with Crippen molar-refractivity contribution < 1.29 is 9.53 Å². The second kappa shape index (κ2) is 4.94. The first-order valence-electron chi connectivity index (χ1n) is 6.25. The van der Waals surface area contributed by atoms with Gasteiger partial charge in [0.1, 0.15) is 5.54 Å². The highest BCUT2D eigenvalue weighted by Gasteiger charge is 2.44. The van der Waals surface area contributed by atoms with Gasteiger partial charge in [-0.3, -0.25) is 4.79 Å². The third-order valence-electron chi connectivity index (χ3n) is 3.46. The van der Waals surface area contributed by atoms with E-state index in [9.17, 15) is 4.79 Å². The van der Waals surface area contributed by atoms with Crippen molar-refractivity contribution in [3.05, 3.63) is 0 Å². The molecule has 0 aliphatic heterocycles. The first-order chi connectivity index (χ1) is 7.68. The molecule has 1 saturated carbocycles. The zero-order valence-corrected chi connectivity index (χ0v) is 11.7. The van der Waals surface area contributed by atoms with Gasteiger partial charge in [-0.2, -0.15) is 0 Å². The van der Waals surface area contributed by atoms with Crippen LogP contribution < -0.4 is 5.73 Å². The molecule has 0 bridgehead atoms. The molecule has 17 heavy (non-hydrogen) atoms. The van der Waals surface area contributed by atoms with Crippen molar-refractivity contribution in [3.63, 3.8) is 0 Å². The normalized spacial score (nSPS) is 29.7. The average molecular weight is 242 g/mol. The summed E-state index contributed by atoms with van der Waals surface area (Å²) in [5.41, 5.74) is 5.60. The molecule has 2 unspecified atom stereocenters. The minimum absolute atomic E-state index is 0.264. The molecule has 2 N–H and O–H groups in total. The van der Waals surface area contributed by atoms with Crippen LogP contribution >= 0.6 is 0 Å². The van der Waals surface area contributed by atoms with Gasteiger partial charge in [-0.05, 0) is 31.7 Å². The molecule has 4 nitrogen and oxygen atoms in total. The predicted molar refractivity (Wildman–Crippen MR) is 68.7 cm³/mol. The zero-order chi connectivity index (χ0) is 13.3. The van der Waals surface area contributed by atoms with Crippen LogP contribution in [0.4, 0.5) is 0 Å². The SMILES string of the molecule is COC(=O)C1(N)CCC(N(C)CC(C)(C)C)C1. The molecule has 0 amide bonds. The maximum atomic E-state index is 11.6. The summed E-state index contributed by atoms with van der Waals surface area (Å²) in [6.45, 7) is 7.66. The summed E-state index contributed by atoms with van der Waals surface area (Å²) < 4.78 is 4.78. The number of carbonyl (C=O) groups is 1. The van der Waals surface area contributed by atoms with Gasteiger partial charge in [0.2, 0.25) is 0 Å². The lowest BCUT2D eigenvalue weighted by Gasteiger charge is -2.32. The number of hydrogen-bond donors (Lipinski definition) is 1. The van der Waals surface area contributed by atoms with E-state index in [2.05, 4.69) is 32.7 Å². The lowest BCUT2D eigenvalue weighted by atomic mass is 9.94. The van der Waals surface area contributed by atoms with Crippen molar-refractivity contribution in [1.29, 1.82) is 0 Å². The van der Waals surface area contributed by atoms with E-state index >= 15 is 0 Å². The smallest absolute Gasteiger partial charge is 0.325 e. The fourth-order valence-electron chi connectivity index (χ4n) is 2.69. The summed E-state index contributed by atoms with van der Waals surface area (Å²) >= 11 is 0. The van der Waals surface area contributed by atoms with Gasteiger partial charge in [0.25, 0.3) is 0 Å². The monoisotopic (exact) mass is 242 g/mol. The first kappa shape index (κ1) is 14.5. The minimum atomic E-state index is -0.772. The van der Waals surface area contributed by atoms with Crippen LogP contribution in [0.25, 0.3) is 0 Å². The van der Waals surface area contributed by atoms with E-state index in [0.29, 0.717) is 12.5 Å². The van der Waals surface area contributed by atoms with Gasteiger partial charge in [0.15, 0.2) is 0 Å². The lowest BCUT2D eigenvalue weighted by Crippen LogP contribution is -2.48. The molecule has 0 saturated heterocycles. The van der Waals surface area contributed by atoms with Crippen molar-refractivity contribution in [2.75, 3.05) is 20.7 Å². The Hall–Kier alpha value is -0.610. The molecule has 4 heteroatoms. The van der Waals surface area contributed by atoms with Crippen LogP contribution in [-0.4, -0.2) is 43.2 Å². The third kappa shape index (κ3) is 3.68. The van der Waals surface area contributed by atoms with Crippen LogP contribution in [-0.2, 0) is 9.53 Å². The lowest BCUT2D eigenvalue weighted by molar-refractivity contribution is -0.146. The van der Waals surface area contributed by atoms with Crippen molar-refractivity contribution in [2.24, 2.45) is 11.1 Å². The van der Waals surface area contributed by atoms with Crippen LogP contribution in [0, 0.1) is 5.41 Å². The number of nitrogens with zero attached hydrogens (tertiary/aromatic N) is 1. The van der Waals surface area contributed by atoms with Gasteiger partial charge in [0.05, 0.1) is 7.11 Å². The van der Waals surface area contributed by atoms with E-state index in [1.165, 1.54) is 7.11 Å². The quantitative estimate of drug-likeness (QED) is 0.760. The van der Waals surface area contributed by atoms with Gasteiger partial charge in [-0.1, -0.05) is 20.8 Å². The molecule has 0 aromatic rings. The Bertz CT molecular complexity index is 286. The Morgan fingerprint density at radius 3 is 2.59 bits per heavy atom. The molecule has 0 radical (unpaired) electrons. The van der Waals surface area contributed by atoms with Gasteiger partial charge in [-0.25, -0.2) is 0 Å². The molecular weight excluding hydrogens is 216 g/mol. The third-order valence-corrected chi connectivity index (χ3v) is 3.46. The molecule has 0 aromatic carbocycles. The van der Waals surface area contributed by atoms with Gasteiger partial charge >= 0.3 is 5.97 Å². The molecule has 0 aromatic heterocycles. The molecular formula is C13H26N2O2. The summed E-state index contributed by atoms with van der Waals surface area (Å²) in [6, 6.07) is 0.387. The van der Waals surface area contributed by atoms with E-state index < -0.39 is 5.54 Å². The standard InChI is InChI=1S/C13H26N2O2/c1-12(2,3)9-15(4)10-6-7-13(14,8-10)11(16)17-5/h10H,6-9,14H2,1-5H3. The Balaban J connectivity index is 2.58. The highest BCUT2D eigenvalue weighted by Crippen LogP contribution is 2.32. The summed E-state index contributed by atoms with van der Waals surface area (Å²) in [4.78, 5) is 13.9. The maximum Gasteiger partial charge on any atom is 0.325 e. The summed E-state index contributed by atoms with van der Waals surface area (Å²) in [6.07, 6.45) is 2.39. The van der Waals surface area contributed by atoms with Crippen molar-refractivity contribution in [1.82, 2.24) is 4.90 Å². The first-order valence-corrected chi connectivity index (χ1v) is 6.25. The summed E-state index contributed by atoms with van der Waals surface area (Å²) in [5.74, 6) is -0.274. The van der Waals surface area contributed by atoms with Crippen molar-refractivity contribution >= 4 is 5.97 Å². The van der Waals surface area contributed by atoms with Crippen LogP contribution in [0.15, 0.2) is 0 Å². The van der Waals surface area contributed by atoms with E-state index in [-0.39, 0.29) is 11.4 Å². The molecule has 0 spiro atoms. The van der Waals surface area contributed by atoms with E-state index in [1.807, 2.05) is 0 Å². The minimum Gasteiger partial charge on any atom is -0.468 e. The van der Waals surface area contributed by atoms with Crippen molar-refractivity contribution in [2.45, 2.75) is 51.6 Å². The molecule has 1 aliphatic rings. The molecule has 1 aliphatic carbocycles. The van der Waals surface area contributed by atoms with E-state index in [4.69, 9.17) is 10.5 Å². The molecule has 100 valence electrons. The summed E-state index contributed by atoms with van der Waals surface area (Å²) in [7, 11) is 3.52. The van der Waals surface area contributed by atoms with Gasteiger partial charge in [-0.15, -0.1) is 0 Å². The Morgan fingerprint density at radius 1 is 1.53 bits per heavy atom. The zero-order valence-electron chi connectivity index (χ0n) is 11.7. The number of methoxy groups -OCH3 is 1. The molecule has 0 heterocycles. The molecule has 2 atom stereocenters. The Labute approximate surface area is 104 Å². The second-order valence-corrected chi connectivity index (χ2v) is 6.52. The number of carbonyl (C=O) groups excluding carboxylic acids is 1. The largest absolute Gasteiger partial charge is 0.468 e. The number of ether oxygens (including phenoxy) is 1. The number of esters is 1. The highest BCUT2D eigenvalue weighted by molar-refractivity contribution is 5.81. The fourth-order valence-corrected chi connectivity index (χ4v) is 2.69. The van der Waals surface area contributed by atoms with Crippen LogP contribution in [0.1, 0.15) is 40.0 Å². The van der Waals surface area contributed by atoms with Gasteiger partial charge in [0, 0.05) is 12.6 Å². The molecule has 1 rings (SSSR count). The second-order valence-electron chi connectivity index (χ2n) is 6.52. The van der Waals surface area contributed by atoms with Crippen LogP contribution in [0.3, 0.4) is 0 Å². The number of nitrogens with two attached hydrogens (primary N) is 1. The Morgan fingerprint density at radius 2 is 2.12 bits per heavy atom. The van der Waals surface area contributed by atoms with Crippen LogP contribution in [0.2, 0.25) is 0 Å². The Kier molecular flexibility index (Phi) is 4.20. The van der Waals surface area contributed by atoms with E-state index in [0.717, 1.165) is 19.4 Å².